The van der Waals surface area contributed by atoms with Gasteiger partial charge in [-0.1, -0.05) is 57.4 Å². The summed E-state index contributed by atoms with van der Waals surface area (Å²) in [5.74, 6) is 0.00934. The summed E-state index contributed by atoms with van der Waals surface area (Å²) in [7, 11) is 0. The smallest absolute Gasteiger partial charge is 0.323 e. The first kappa shape index (κ1) is 17.6. The van der Waals surface area contributed by atoms with Gasteiger partial charge in [-0.3, -0.25) is 14.5 Å². The fourth-order valence-electron chi connectivity index (χ4n) is 3.78. The van der Waals surface area contributed by atoms with E-state index in [0.717, 1.165) is 30.6 Å². The Hall–Kier alpha value is -2.17. The minimum Gasteiger partial charge on any atom is -0.323 e. The number of imide groups is 1. The maximum Gasteiger partial charge on any atom is 0.325 e. The van der Waals surface area contributed by atoms with Crippen LogP contribution in [0.15, 0.2) is 24.3 Å². The van der Waals surface area contributed by atoms with E-state index in [2.05, 4.69) is 19.2 Å². The Bertz CT molecular complexity index is 675. The lowest BCUT2D eigenvalue weighted by Gasteiger charge is -2.30. The Kier molecular flexibility index (Phi) is 4.93. The normalized spacial score (nSPS) is 20.6. The highest BCUT2D eigenvalue weighted by molar-refractivity contribution is 6.11. The first-order valence-electron chi connectivity index (χ1n) is 9.24. The van der Waals surface area contributed by atoms with Crippen molar-refractivity contribution in [2.75, 3.05) is 6.54 Å². The van der Waals surface area contributed by atoms with Gasteiger partial charge in [0, 0.05) is 5.56 Å². The highest BCUT2D eigenvalue weighted by atomic mass is 16.2. The second kappa shape index (κ2) is 6.98. The lowest BCUT2D eigenvalue weighted by atomic mass is 9.82. The fourth-order valence-corrected chi connectivity index (χ4v) is 3.78. The molecular weight excluding hydrogens is 316 g/mol. The van der Waals surface area contributed by atoms with Gasteiger partial charge < -0.3 is 5.32 Å². The zero-order valence-corrected chi connectivity index (χ0v) is 15.0. The molecule has 1 saturated carbocycles. The molecule has 1 aliphatic heterocycles. The number of benzene rings is 1. The van der Waals surface area contributed by atoms with Crippen molar-refractivity contribution in [3.05, 3.63) is 35.4 Å². The summed E-state index contributed by atoms with van der Waals surface area (Å²) in [5, 5.41) is 2.84. The van der Waals surface area contributed by atoms with Crippen LogP contribution >= 0.6 is 0 Å². The van der Waals surface area contributed by atoms with E-state index in [9.17, 15) is 14.4 Å². The predicted molar refractivity (Wildman–Crippen MR) is 95.5 cm³/mol. The average Bonchev–Trinajstić information content (AvgIpc) is 2.85. The third-order valence-corrected chi connectivity index (χ3v) is 5.67. The Morgan fingerprint density at radius 1 is 1.16 bits per heavy atom. The molecule has 0 bridgehead atoms. The molecule has 25 heavy (non-hydrogen) atoms. The minimum absolute atomic E-state index is 0.185. The largest absolute Gasteiger partial charge is 0.325 e. The van der Waals surface area contributed by atoms with Crippen LogP contribution in [0, 0.1) is 0 Å². The van der Waals surface area contributed by atoms with Gasteiger partial charge in [0.05, 0.1) is 6.54 Å². The maximum absolute atomic E-state index is 12.7. The highest BCUT2D eigenvalue weighted by Crippen LogP contribution is 2.33. The van der Waals surface area contributed by atoms with E-state index in [0.29, 0.717) is 24.3 Å². The van der Waals surface area contributed by atoms with Crippen molar-refractivity contribution in [1.82, 2.24) is 10.2 Å². The van der Waals surface area contributed by atoms with Gasteiger partial charge >= 0.3 is 6.03 Å². The molecule has 5 heteroatoms. The summed E-state index contributed by atoms with van der Waals surface area (Å²) in [6, 6.07) is 7.06. The zero-order valence-electron chi connectivity index (χ0n) is 15.0. The number of hydrogen-bond donors (Lipinski definition) is 1. The molecule has 1 N–H and O–H groups in total. The molecule has 5 nitrogen and oxygen atoms in total. The van der Waals surface area contributed by atoms with E-state index in [1.54, 1.807) is 12.1 Å². The van der Waals surface area contributed by atoms with Gasteiger partial charge in [-0.25, -0.2) is 4.79 Å². The van der Waals surface area contributed by atoms with Crippen LogP contribution in [0.5, 0.6) is 0 Å². The lowest BCUT2D eigenvalue weighted by molar-refractivity contribution is -0.132. The van der Waals surface area contributed by atoms with E-state index < -0.39 is 11.6 Å². The molecule has 1 atom stereocenters. The molecule has 1 aromatic rings. The second-order valence-electron chi connectivity index (χ2n) is 7.32. The number of rotatable bonds is 5. The third-order valence-electron chi connectivity index (χ3n) is 5.67. The summed E-state index contributed by atoms with van der Waals surface area (Å²) >= 11 is 0. The van der Waals surface area contributed by atoms with Crippen LogP contribution in [-0.4, -0.2) is 34.7 Å². The lowest BCUT2D eigenvalue weighted by Crippen LogP contribution is -2.48. The van der Waals surface area contributed by atoms with Crippen molar-refractivity contribution in [3.63, 3.8) is 0 Å². The molecule has 134 valence electrons. The number of nitrogens with one attached hydrogen (secondary N) is 1. The quantitative estimate of drug-likeness (QED) is 0.656. The molecular formula is C20H26N2O3. The van der Waals surface area contributed by atoms with Crippen LogP contribution in [0.2, 0.25) is 0 Å². The number of hydrogen-bond acceptors (Lipinski definition) is 3. The van der Waals surface area contributed by atoms with Crippen molar-refractivity contribution < 1.29 is 14.4 Å². The molecule has 3 rings (SSSR count). The molecule has 1 aromatic carbocycles. The SMILES string of the molecule is CC[C@H](C)c1ccc(C(=O)CN2C(=O)NC3(CCCCC3)C2=O)cc1. The number of nitrogens with zero attached hydrogens (tertiary/aromatic N) is 1. The molecule has 1 aliphatic carbocycles. The van der Waals surface area contributed by atoms with Crippen LogP contribution in [-0.2, 0) is 4.79 Å². The van der Waals surface area contributed by atoms with Crippen LogP contribution in [0.4, 0.5) is 4.79 Å². The first-order chi connectivity index (χ1) is 12.0. The van der Waals surface area contributed by atoms with Crippen molar-refractivity contribution in [1.29, 1.82) is 0 Å². The predicted octanol–water partition coefficient (Wildman–Crippen LogP) is 3.64. The zero-order chi connectivity index (χ0) is 18.0. The molecule has 0 aromatic heterocycles. The molecule has 0 radical (unpaired) electrons. The number of urea groups is 1. The Morgan fingerprint density at radius 2 is 1.80 bits per heavy atom. The van der Waals surface area contributed by atoms with Crippen molar-refractivity contribution in [3.8, 4) is 0 Å². The second-order valence-corrected chi connectivity index (χ2v) is 7.32. The van der Waals surface area contributed by atoms with Crippen LogP contribution in [0.1, 0.15) is 74.2 Å². The van der Waals surface area contributed by atoms with Gasteiger partial charge in [0.25, 0.3) is 5.91 Å². The number of ketones is 1. The van der Waals surface area contributed by atoms with E-state index in [-0.39, 0.29) is 18.2 Å². The van der Waals surface area contributed by atoms with Gasteiger partial charge in [-0.15, -0.1) is 0 Å². The summed E-state index contributed by atoms with van der Waals surface area (Å²) in [6.07, 6.45) is 5.34. The van der Waals surface area contributed by atoms with Crippen LogP contribution in [0.3, 0.4) is 0 Å². The monoisotopic (exact) mass is 342 g/mol. The van der Waals surface area contributed by atoms with E-state index in [4.69, 9.17) is 0 Å². The van der Waals surface area contributed by atoms with Gasteiger partial charge in [0.2, 0.25) is 0 Å². The van der Waals surface area contributed by atoms with E-state index in [1.165, 1.54) is 5.56 Å². The Balaban J connectivity index is 1.70. The summed E-state index contributed by atoms with van der Waals surface area (Å²) in [4.78, 5) is 38.6. The molecule has 1 heterocycles. The average molecular weight is 342 g/mol. The van der Waals surface area contributed by atoms with Crippen molar-refractivity contribution >= 4 is 17.7 Å². The molecule has 3 amide bonds. The van der Waals surface area contributed by atoms with Gasteiger partial charge in [-0.05, 0) is 30.7 Å². The number of Topliss-reactive ketones (excluding diaryl/α,β-unsaturated/α-hetero) is 1. The summed E-state index contributed by atoms with van der Waals surface area (Å²) in [5.41, 5.74) is 0.961. The molecule has 2 fully saturated rings. The third kappa shape index (κ3) is 3.32. The molecule has 1 saturated heterocycles. The Morgan fingerprint density at radius 3 is 2.40 bits per heavy atom. The molecule has 2 aliphatic rings. The maximum atomic E-state index is 12.7. The fraction of sp³-hybridized carbons (Fsp3) is 0.550. The van der Waals surface area contributed by atoms with E-state index in [1.807, 2.05) is 12.1 Å². The van der Waals surface area contributed by atoms with Crippen LogP contribution < -0.4 is 5.32 Å². The van der Waals surface area contributed by atoms with Gasteiger partial charge in [0.1, 0.15) is 5.54 Å². The minimum atomic E-state index is -0.768. The molecule has 1 spiro atoms. The van der Waals surface area contributed by atoms with Crippen LogP contribution in [0.25, 0.3) is 0 Å². The van der Waals surface area contributed by atoms with Crippen molar-refractivity contribution in [2.45, 2.75) is 63.8 Å². The Labute approximate surface area is 148 Å². The molecule has 0 unspecified atom stereocenters. The first-order valence-corrected chi connectivity index (χ1v) is 9.24. The van der Waals surface area contributed by atoms with Crippen molar-refractivity contribution in [2.24, 2.45) is 0 Å². The summed E-state index contributed by atoms with van der Waals surface area (Å²) < 4.78 is 0. The summed E-state index contributed by atoms with van der Waals surface area (Å²) in [6.45, 7) is 4.09. The van der Waals surface area contributed by atoms with E-state index >= 15 is 0 Å². The van der Waals surface area contributed by atoms with Gasteiger partial charge in [-0.2, -0.15) is 0 Å². The highest BCUT2D eigenvalue weighted by Gasteiger charge is 2.51. The topological polar surface area (TPSA) is 66.5 Å². The number of carbonyl (C=O) groups excluding carboxylic acids is 3. The number of amides is 3. The standard InChI is InChI=1S/C20H26N2O3/c1-3-14(2)15-7-9-16(10-8-15)17(23)13-22-18(24)20(21-19(22)25)11-5-4-6-12-20/h7-10,14H,3-6,11-13H2,1-2H3,(H,21,25)/t14-/m0/s1. The number of carbonyl (C=O) groups is 3. The van der Waals surface area contributed by atoms with Gasteiger partial charge in [0.15, 0.2) is 5.78 Å².